The van der Waals surface area contributed by atoms with Crippen molar-refractivity contribution in [2.75, 3.05) is 6.54 Å². The maximum atomic E-state index is 13.6. The maximum Gasteiger partial charge on any atom is 0.129 e. The molecule has 0 fully saturated rings. The summed E-state index contributed by atoms with van der Waals surface area (Å²) in [7, 11) is 0. The molecule has 2 unspecified atom stereocenters. The number of halogens is 2. The summed E-state index contributed by atoms with van der Waals surface area (Å²) in [4.78, 5) is 0. The van der Waals surface area contributed by atoms with Crippen LogP contribution in [0.4, 0.5) is 8.78 Å². The summed E-state index contributed by atoms with van der Waals surface area (Å²) in [5, 5.41) is 3.45. The third kappa shape index (κ3) is 4.37. The molecule has 1 rings (SSSR count). The van der Waals surface area contributed by atoms with Crippen LogP contribution in [0.3, 0.4) is 0 Å². The van der Waals surface area contributed by atoms with Crippen LogP contribution in [-0.2, 0) is 6.42 Å². The predicted molar refractivity (Wildman–Crippen MR) is 71.6 cm³/mol. The Morgan fingerprint density at radius 3 is 2.50 bits per heavy atom. The van der Waals surface area contributed by atoms with Gasteiger partial charge in [-0.1, -0.05) is 33.3 Å². The molecule has 0 aliphatic rings. The molecule has 0 aromatic heterocycles. The Kier molecular flexibility index (Phi) is 6.27. The van der Waals surface area contributed by atoms with Crippen molar-refractivity contribution in [1.82, 2.24) is 5.32 Å². The number of benzene rings is 1. The van der Waals surface area contributed by atoms with E-state index in [0.29, 0.717) is 17.9 Å². The second-order valence-electron chi connectivity index (χ2n) is 4.89. The molecule has 18 heavy (non-hydrogen) atoms. The van der Waals surface area contributed by atoms with Crippen LogP contribution in [0.25, 0.3) is 0 Å². The van der Waals surface area contributed by atoms with Crippen molar-refractivity contribution >= 4 is 0 Å². The Hall–Kier alpha value is -0.960. The standard InChI is InChI=1S/C15H23F2N/c1-4-8-18-15(11(3)5-2)9-12-6-7-13(16)10-14(12)17/h6-7,10-11,15,18H,4-5,8-9H2,1-3H3. The Bertz CT molecular complexity index is 366. The lowest BCUT2D eigenvalue weighted by atomic mass is 9.92. The second kappa shape index (κ2) is 7.47. The van der Waals surface area contributed by atoms with Gasteiger partial charge in [-0.3, -0.25) is 0 Å². The summed E-state index contributed by atoms with van der Waals surface area (Å²) < 4.78 is 26.5. The molecule has 0 radical (unpaired) electrons. The van der Waals surface area contributed by atoms with E-state index in [1.165, 1.54) is 6.07 Å². The fourth-order valence-electron chi connectivity index (χ4n) is 2.01. The average molecular weight is 255 g/mol. The molecule has 0 saturated heterocycles. The fourth-order valence-corrected chi connectivity index (χ4v) is 2.01. The van der Waals surface area contributed by atoms with E-state index < -0.39 is 11.6 Å². The third-order valence-corrected chi connectivity index (χ3v) is 3.44. The van der Waals surface area contributed by atoms with Gasteiger partial charge in [-0.2, -0.15) is 0 Å². The van der Waals surface area contributed by atoms with Crippen molar-refractivity contribution in [2.45, 2.75) is 46.1 Å². The SMILES string of the molecule is CCCNC(Cc1ccc(F)cc1F)C(C)CC. The zero-order valence-electron chi connectivity index (χ0n) is 11.5. The molecule has 2 atom stereocenters. The minimum atomic E-state index is -0.516. The molecule has 1 aromatic carbocycles. The molecule has 1 N–H and O–H groups in total. The van der Waals surface area contributed by atoms with E-state index >= 15 is 0 Å². The summed E-state index contributed by atoms with van der Waals surface area (Å²) >= 11 is 0. The van der Waals surface area contributed by atoms with Gasteiger partial charge in [0.05, 0.1) is 0 Å². The highest BCUT2D eigenvalue weighted by Gasteiger charge is 2.17. The van der Waals surface area contributed by atoms with Crippen LogP contribution >= 0.6 is 0 Å². The Balaban J connectivity index is 2.75. The van der Waals surface area contributed by atoms with Gasteiger partial charge in [-0.25, -0.2) is 8.78 Å². The van der Waals surface area contributed by atoms with Crippen molar-refractivity contribution in [3.63, 3.8) is 0 Å². The van der Waals surface area contributed by atoms with Crippen molar-refractivity contribution in [2.24, 2.45) is 5.92 Å². The smallest absolute Gasteiger partial charge is 0.129 e. The molecular formula is C15H23F2N. The molecule has 0 aliphatic heterocycles. The minimum Gasteiger partial charge on any atom is -0.313 e. The van der Waals surface area contributed by atoms with Crippen LogP contribution in [0.15, 0.2) is 18.2 Å². The van der Waals surface area contributed by atoms with E-state index in [-0.39, 0.29) is 6.04 Å². The fraction of sp³-hybridized carbons (Fsp3) is 0.600. The van der Waals surface area contributed by atoms with Crippen LogP contribution in [0.1, 0.15) is 39.2 Å². The highest BCUT2D eigenvalue weighted by Crippen LogP contribution is 2.17. The second-order valence-corrected chi connectivity index (χ2v) is 4.89. The number of rotatable bonds is 7. The predicted octanol–water partition coefficient (Wildman–Crippen LogP) is 3.92. The molecular weight excluding hydrogens is 232 g/mol. The summed E-state index contributed by atoms with van der Waals surface area (Å²) in [5.41, 5.74) is 0.588. The van der Waals surface area contributed by atoms with Gasteiger partial charge in [-0.05, 0) is 36.9 Å². The molecule has 1 nitrogen and oxygen atoms in total. The lowest BCUT2D eigenvalue weighted by Crippen LogP contribution is -2.37. The summed E-state index contributed by atoms with van der Waals surface area (Å²) in [6, 6.07) is 4.08. The first-order valence-corrected chi connectivity index (χ1v) is 6.75. The van der Waals surface area contributed by atoms with Crippen molar-refractivity contribution < 1.29 is 8.78 Å². The maximum absolute atomic E-state index is 13.6. The number of hydrogen-bond donors (Lipinski definition) is 1. The normalized spacial score (nSPS) is 14.5. The molecule has 1 aromatic rings. The van der Waals surface area contributed by atoms with E-state index in [1.54, 1.807) is 6.07 Å². The number of nitrogens with one attached hydrogen (secondary N) is 1. The van der Waals surface area contributed by atoms with Gasteiger partial charge in [0, 0.05) is 12.1 Å². The van der Waals surface area contributed by atoms with Crippen molar-refractivity contribution in [3.8, 4) is 0 Å². The molecule has 102 valence electrons. The first-order chi connectivity index (χ1) is 8.58. The van der Waals surface area contributed by atoms with E-state index in [0.717, 1.165) is 25.5 Å². The summed E-state index contributed by atoms with van der Waals surface area (Å²) in [6.07, 6.45) is 2.71. The van der Waals surface area contributed by atoms with Gasteiger partial charge in [0.15, 0.2) is 0 Å². The quantitative estimate of drug-likeness (QED) is 0.778. The Labute approximate surface area is 109 Å². The lowest BCUT2D eigenvalue weighted by molar-refractivity contribution is 0.361. The third-order valence-electron chi connectivity index (χ3n) is 3.44. The summed E-state index contributed by atoms with van der Waals surface area (Å²) in [5.74, 6) is -0.486. The zero-order chi connectivity index (χ0) is 13.5. The molecule has 3 heteroatoms. The molecule has 0 aliphatic carbocycles. The van der Waals surface area contributed by atoms with Crippen LogP contribution < -0.4 is 5.32 Å². The first-order valence-electron chi connectivity index (χ1n) is 6.75. The topological polar surface area (TPSA) is 12.0 Å². The van der Waals surface area contributed by atoms with Gasteiger partial charge in [0.1, 0.15) is 11.6 Å². The molecule has 0 saturated carbocycles. The van der Waals surface area contributed by atoms with Crippen LogP contribution in [0, 0.1) is 17.6 Å². The van der Waals surface area contributed by atoms with Crippen LogP contribution in [-0.4, -0.2) is 12.6 Å². The monoisotopic (exact) mass is 255 g/mol. The van der Waals surface area contributed by atoms with E-state index in [4.69, 9.17) is 0 Å². The van der Waals surface area contributed by atoms with Gasteiger partial charge >= 0.3 is 0 Å². The van der Waals surface area contributed by atoms with E-state index in [1.807, 2.05) is 0 Å². The van der Waals surface area contributed by atoms with Gasteiger partial charge < -0.3 is 5.32 Å². The van der Waals surface area contributed by atoms with Crippen molar-refractivity contribution in [1.29, 1.82) is 0 Å². The molecule has 0 heterocycles. The lowest BCUT2D eigenvalue weighted by Gasteiger charge is -2.24. The highest BCUT2D eigenvalue weighted by atomic mass is 19.1. The number of hydrogen-bond acceptors (Lipinski definition) is 1. The van der Waals surface area contributed by atoms with Crippen LogP contribution in [0.2, 0.25) is 0 Å². The van der Waals surface area contributed by atoms with Gasteiger partial charge in [0.25, 0.3) is 0 Å². The summed E-state index contributed by atoms with van der Waals surface area (Å²) in [6.45, 7) is 7.33. The largest absolute Gasteiger partial charge is 0.313 e. The minimum absolute atomic E-state index is 0.245. The van der Waals surface area contributed by atoms with Crippen LogP contribution in [0.5, 0.6) is 0 Å². The van der Waals surface area contributed by atoms with Gasteiger partial charge in [0.2, 0.25) is 0 Å². The highest BCUT2D eigenvalue weighted by molar-refractivity contribution is 5.19. The average Bonchev–Trinajstić information content (AvgIpc) is 2.36. The van der Waals surface area contributed by atoms with E-state index in [9.17, 15) is 8.78 Å². The molecule has 0 amide bonds. The van der Waals surface area contributed by atoms with E-state index in [2.05, 4.69) is 26.1 Å². The zero-order valence-corrected chi connectivity index (χ0v) is 11.5. The Morgan fingerprint density at radius 1 is 1.22 bits per heavy atom. The molecule has 0 spiro atoms. The molecule has 0 bridgehead atoms. The Morgan fingerprint density at radius 2 is 1.94 bits per heavy atom. The van der Waals surface area contributed by atoms with Gasteiger partial charge in [-0.15, -0.1) is 0 Å². The first kappa shape index (κ1) is 15.1. The van der Waals surface area contributed by atoms with Crippen molar-refractivity contribution in [3.05, 3.63) is 35.4 Å².